The summed E-state index contributed by atoms with van der Waals surface area (Å²) >= 11 is 0. The quantitative estimate of drug-likeness (QED) is 0.176. The lowest BCUT2D eigenvalue weighted by molar-refractivity contribution is 0.632. The second kappa shape index (κ2) is 11.4. The van der Waals surface area contributed by atoms with Gasteiger partial charge >= 0.3 is 0 Å². The van der Waals surface area contributed by atoms with Gasteiger partial charge in [-0.1, -0.05) is 157 Å². The SMILES string of the molecule is CC1(C)c2ccccc2-c2ccc(-c3ccc4c(c3)C(C)(C)c3cc(-c5ccc6c(c5)C(C)(C)c5ccccc5-6)ccc3N4c3ccc4ccccc4c3)cc21. The van der Waals surface area contributed by atoms with Crippen molar-refractivity contribution in [2.75, 3.05) is 4.90 Å². The molecule has 1 heteroatoms. The van der Waals surface area contributed by atoms with Crippen LogP contribution >= 0.6 is 0 Å². The summed E-state index contributed by atoms with van der Waals surface area (Å²) in [7, 11) is 0. The van der Waals surface area contributed by atoms with Gasteiger partial charge in [-0.2, -0.15) is 0 Å². The standard InChI is InChI=1S/C55H45N/c1-53(2)45-17-11-9-15-41(45)43-25-20-36(30-47(43)53)38-22-27-51-49(32-38)55(5,6)50-33-39(23-28-52(50)56(51)40-24-19-34-13-7-8-14-35(34)29-40)37-21-26-44-42-16-10-12-18-46(42)54(3,4)48(44)31-37/h7-33H,1-6H3. The van der Waals surface area contributed by atoms with Crippen molar-refractivity contribution in [1.29, 1.82) is 0 Å². The summed E-state index contributed by atoms with van der Waals surface area (Å²) in [6, 6.07) is 62.0. The Kier molecular flexibility index (Phi) is 6.77. The summed E-state index contributed by atoms with van der Waals surface area (Å²) in [6.45, 7) is 14.3. The summed E-state index contributed by atoms with van der Waals surface area (Å²) in [4.78, 5) is 2.50. The van der Waals surface area contributed by atoms with Gasteiger partial charge in [-0.3, -0.25) is 0 Å². The molecule has 1 aliphatic heterocycles. The van der Waals surface area contributed by atoms with E-state index >= 15 is 0 Å². The molecule has 0 saturated carbocycles. The molecule has 270 valence electrons. The van der Waals surface area contributed by atoms with Crippen molar-refractivity contribution in [3.05, 3.63) is 197 Å². The number of nitrogens with zero attached hydrogens (tertiary/aromatic N) is 1. The van der Waals surface area contributed by atoms with E-state index in [1.54, 1.807) is 0 Å². The van der Waals surface area contributed by atoms with E-state index in [9.17, 15) is 0 Å². The van der Waals surface area contributed by atoms with Gasteiger partial charge in [0, 0.05) is 21.9 Å². The zero-order chi connectivity index (χ0) is 38.1. The Morgan fingerprint density at radius 3 is 1.21 bits per heavy atom. The van der Waals surface area contributed by atoms with Crippen LogP contribution in [0.5, 0.6) is 0 Å². The van der Waals surface area contributed by atoms with E-state index < -0.39 is 0 Å². The summed E-state index contributed by atoms with van der Waals surface area (Å²) in [6.07, 6.45) is 0. The molecular weight excluding hydrogens is 675 g/mol. The van der Waals surface area contributed by atoms with Crippen molar-refractivity contribution in [2.45, 2.75) is 57.8 Å². The van der Waals surface area contributed by atoms with Gasteiger partial charge in [0.05, 0.1) is 11.4 Å². The normalized spacial score (nSPS) is 16.1. The first-order chi connectivity index (χ1) is 27.0. The van der Waals surface area contributed by atoms with E-state index in [0.29, 0.717) is 0 Å². The van der Waals surface area contributed by atoms with Crippen LogP contribution in [0.4, 0.5) is 17.1 Å². The van der Waals surface area contributed by atoms with Crippen molar-refractivity contribution in [3.63, 3.8) is 0 Å². The smallest absolute Gasteiger partial charge is 0.0503 e. The Morgan fingerprint density at radius 1 is 0.304 bits per heavy atom. The van der Waals surface area contributed by atoms with Gasteiger partial charge in [-0.15, -0.1) is 0 Å². The van der Waals surface area contributed by atoms with Crippen LogP contribution in [0.25, 0.3) is 55.3 Å². The highest BCUT2D eigenvalue weighted by molar-refractivity contribution is 5.94. The molecule has 2 aliphatic carbocycles. The number of benzene rings is 8. The number of hydrogen-bond donors (Lipinski definition) is 0. The summed E-state index contributed by atoms with van der Waals surface area (Å²) < 4.78 is 0. The van der Waals surface area contributed by atoms with E-state index in [1.165, 1.54) is 106 Å². The molecule has 0 spiro atoms. The number of fused-ring (bicyclic) bond motifs is 9. The van der Waals surface area contributed by atoms with E-state index in [0.717, 1.165) is 0 Å². The zero-order valence-corrected chi connectivity index (χ0v) is 33.0. The maximum atomic E-state index is 2.50. The number of anilines is 3. The second-order valence-corrected chi connectivity index (χ2v) is 17.8. The van der Waals surface area contributed by atoms with E-state index in [-0.39, 0.29) is 16.2 Å². The first-order valence-electron chi connectivity index (χ1n) is 20.1. The van der Waals surface area contributed by atoms with Crippen molar-refractivity contribution in [2.24, 2.45) is 0 Å². The predicted octanol–water partition coefficient (Wildman–Crippen LogP) is 14.9. The largest absolute Gasteiger partial charge is 0.310 e. The minimum absolute atomic E-state index is 0.0484. The maximum Gasteiger partial charge on any atom is 0.0503 e. The molecule has 0 unspecified atom stereocenters. The molecule has 0 radical (unpaired) electrons. The van der Waals surface area contributed by atoms with Gasteiger partial charge in [-0.05, 0) is 137 Å². The molecule has 0 saturated heterocycles. The van der Waals surface area contributed by atoms with Crippen LogP contribution in [0.1, 0.15) is 74.9 Å². The third-order valence-electron chi connectivity index (χ3n) is 13.6. The Hall–Kier alpha value is -6.18. The van der Waals surface area contributed by atoms with E-state index in [4.69, 9.17) is 0 Å². The van der Waals surface area contributed by atoms with Crippen molar-refractivity contribution in [1.82, 2.24) is 0 Å². The van der Waals surface area contributed by atoms with Gasteiger partial charge in [0.2, 0.25) is 0 Å². The van der Waals surface area contributed by atoms with Crippen LogP contribution < -0.4 is 4.90 Å². The monoisotopic (exact) mass is 719 g/mol. The fourth-order valence-corrected chi connectivity index (χ4v) is 10.5. The molecule has 8 aromatic carbocycles. The molecule has 0 amide bonds. The Balaban J connectivity index is 1.08. The maximum absolute atomic E-state index is 2.50. The Labute approximate surface area is 330 Å². The zero-order valence-electron chi connectivity index (χ0n) is 33.0. The lowest BCUT2D eigenvalue weighted by Crippen LogP contribution is -2.30. The fourth-order valence-electron chi connectivity index (χ4n) is 10.5. The van der Waals surface area contributed by atoms with Gasteiger partial charge in [0.25, 0.3) is 0 Å². The van der Waals surface area contributed by atoms with Crippen LogP contribution in [0.3, 0.4) is 0 Å². The van der Waals surface area contributed by atoms with Crippen LogP contribution in [0.2, 0.25) is 0 Å². The average molecular weight is 720 g/mol. The molecule has 8 aromatic rings. The average Bonchev–Trinajstić information content (AvgIpc) is 3.59. The molecule has 3 aliphatic rings. The lowest BCUT2D eigenvalue weighted by atomic mass is 9.72. The summed E-state index contributed by atoms with van der Waals surface area (Å²) in [5.41, 5.74) is 22.1. The molecule has 0 N–H and O–H groups in total. The molecular formula is C55H45N. The highest BCUT2D eigenvalue weighted by atomic mass is 15.2. The molecule has 11 rings (SSSR count). The van der Waals surface area contributed by atoms with Gasteiger partial charge in [0.15, 0.2) is 0 Å². The van der Waals surface area contributed by atoms with E-state index in [1.807, 2.05) is 0 Å². The molecule has 56 heavy (non-hydrogen) atoms. The third kappa shape index (κ3) is 4.55. The molecule has 1 heterocycles. The molecule has 0 fully saturated rings. The first kappa shape index (κ1) is 33.2. The summed E-state index contributed by atoms with van der Waals surface area (Å²) in [5.74, 6) is 0. The van der Waals surface area contributed by atoms with Crippen LogP contribution in [-0.4, -0.2) is 0 Å². The first-order valence-corrected chi connectivity index (χ1v) is 20.1. The minimum atomic E-state index is -0.261. The van der Waals surface area contributed by atoms with Gasteiger partial charge in [0.1, 0.15) is 0 Å². The van der Waals surface area contributed by atoms with Crippen LogP contribution in [0.15, 0.2) is 164 Å². The lowest BCUT2D eigenvalue weighted by Gasteiger charge is -2.42. The highest BCUT2D eigenvalue weighted by Crippen LogP contribution is 2.55. The van der Waals surface area contributed by atoms with Crippen molar-refractivity contribution in [3.8, 4) is 44.5 Å². The molecule has 0 atom stereocenters. The van der Waals surface area contributed by atoms with E-state index in [2.05, 4.69) is 210 Å². The topological polar surface area (TPSA) is 3.24 Å². The van der Waals surface area contributed by atoms with Crippen LogP contribution in [0, 0.1) is 0 Å². The fraction of sp³-hybridized carbons (Fsp3) is 0.164. The Morgan fingerprint density at radius 2 is 0.696 bits per heavy atom. The number of hydrogen-bond acceptors (Lipinski definition) is 1. The van der Waals surface area contributed by atoms with Crippen molar-refractivity contribution >= 4 is 27.8 Å². The minimum Gasteiger partial charge on any atom is -0.310 e. The second-order valence-electron chi connectivity index (χ2n) is 17.8. The molecule has 0 bridgehead atoms. The number of rotatable bonds is 3. The predicted molar refractivity (Wildman–Crippen MR) is 237 cm³/mol. The van der Waals surface area contributed by atoms with Crippen LogP contribution in [-0.2, 0) is 16.2 Å². The van der Waals surface area contributed by atoms with Gasteiger partial charge < -0.3 is 4.90 Å². The van der Waals surface area contributed by atoms with Gasteiger partial charge in [-0.25, -0.2) is 0 Å². The molecule has 0 aromatic heterocycles. The molecule has 1 nitrogen and oxygen atoms in total. The Bertz CT molecular complexity index is 2790. The van der Waals surface area contributed by atoms with Crippen molar-refractivity contribution < 1.29 is 0 Å². The highest BCUT2D eigenvalue weighted by Gasteiger charge is 2.40. The third-order valence-corrected chi connectivity index (χ3v) is 13.6. The summed E-state index contributed by atoms with van der Waals surface area (Å²) in [5, 5.41) is 2.50.